The maximum absolute atomic E-state index is 13.5. The van der Waals surface area contributed by atoms with Crippen molar-refractivity contribution in [2.75, 3.05) is 11.9 Å². The molecule has 32 heavy (non-hydrogen) atoms. The molecule has 2 unspecified atom stereocenters. The Morgan fingerprint density at radius 2 is 1.88 bits per heavy atom. The summed E-state index contributed by atoms with van der Waals surface area (Å²) in [5.74, 6) is 0.621. The van der Waals surface area contributed by atoms with Gasteiger partial charge in [-0.3, -0.25) is 14.5 Å². The van der Waals surface area contributed by atoms with Gasteiger partial charge in [0.15, 0.2) is 12.0 Å². The van der Waals surface area contributed by atoms with Crippen LogP contribution in [0.1, 0.15) is 69.9 Å². The number of rotatable bonds is 4. The standard InChI is InChI=1S/C25H32N2O5/c1-25(2,3)32-24(30)27-12-11-20(16-7-5-4-6-8-16)22(27)23(29)26-18-9-10-21-17(13-18)14-19(15-28)31-21/h9-10,13-16,20,22H,4-8,11-12H2,1-3H3,(H,26,29). The molecule has 1 aliphatic carbocycles. The van der Waals surface area contributed by atoms with Gasteiger partial charge in [0, 0.05) is 17.6 Å². The van der Waals surface area contributed by atoms with Gasteiger partial charge in [0.05, 0.1) is 0 Å². The number of ether oxygens (including phenoxy) is 1. The van der Waals surface area contributed by atoms with Crippen LogP contribution < -0.4 is 5.32 Å². The molecule has 172 valence electrons. The molecule has 0 spiro atoms. The molecule has 2 aromatic rings. The summed E-state index contributed by atoms with van der Waals surface area (Å²) in [5, 5.41) is 3.74. The average Bonchev–Trinajstić information content (AvgIpc) is 3.37. The molecule has 1 aliphatic heterocycles. The van der Waals surface area contributed by atoms with Crippen LogP contribution in [0.3, 0.4) is 0 Å². The minimum atomic E-state index is -0.621. The van der Waals surface area contributed by atoms with Crippen molar-refractivity contribution >= 4 is 34.9 Å². The molecule has 2 amide bonds. The minimum absolute atomic E-state index is 0.127. The molecule has 2 heterocycles. The zero-order valence-corrected chi connectivity index (χ0v) is 19.1. The topological polar surface area (TPSA) is 88.8 Å². The normalized spacial score (nSPS) is 22.2. The predicted octanol–water partition coefficient (Wildman–Crippen LogP) is 5.39. The third-order valence-corrected chi connectivity index (χ3v) is 6.52. The Hall–Kier alpha value is -2.83. The molecule has 1 aromatic carbocycles. The van der Waals surface area contributed by atoms with E-state index in [9.17, 15) is 14.4 Å². The summed E-state index contributed by atoms with van der Waals surface area (Å²) in [5.41, 5.74) is 0.574. The Kier molecular flexibility index (Phi) is 6.26. The molecular weight excluding hydrogens is 408 g/mol. The van der Waals surface area contributed by atoms with E-state index in [1.165, 1.54) is 19.3 Å². The molecule has 7 nitrogen and oxygen atoms in total. The maximum Gasteiger partial charge on any atom is 0.410 e. The number of anilines is 1. The molecule has 1 N–H and O–H groups in total. The number of likely N-dealkylation sites (tertiary alicyclic amines) is 1. The number of carbonyl (C=O) groups is 3. The number of aldehydes is 1. The van der Waals surface area contributed by atoms with E-state index in [-0.39, 0.29) is 17.6 Å². The summed E-state index contributed by atoms with van der Waals surface area (Å²) in [7, 11) is 0. The summed E-state index contributed by atoms with van der Waals surface area (Å²) in [6.45, 7) is 6.03. The summed E-state index contributed by atoms with van der Waals surface area (Å²) >= 11 is 0. The lowest BCUT2D eigenvalue weighted by atomic mass is 9.76. The first kappa shape index (κ1) is 22.4. The van der Waals surface area contributed by atoms with Crippen LogP contribution in [0.15, 0.2) is 28.7 Å². The molecular formula is C25H32N2O5. The first-order valence-corrected chi connectivity index (χ1v) is 11.5. The lowest BCUT2D eigenvalue weighted by Crippen LogP contribution is -2.49. The second-order valence-corrected chi connectivity index (χ2v) is 9.98. The van der Waals surface area contributed by atoms with E-state index in [1.54, 1.807) is 29.2 Å². The van der Waals surface area contributed by atoms with Gasteiger partial charge in [0.1, 0.15) is 17.2 Å². The van der Waals surface area contributed by atoms with E-state index >= 15 is 0 Å². The van der Waals surface area contributed by atoms with Crippen molar-refractivity contribution in [3.63, 3.8) is 0 Å². The smallest absolute Gasteiger partial charge is 0.410 e. The molecule has 2 fully saturated rings. The highest BCUT2D eigenvalue weighted by atomic mass is 16.6. The van der Waals surface area contributed by atoms with E-state index in [2.05, 4.69) is 5.32 Å². The number of furan rings is 1. The van der Waals surface area contributed by atoms with Crippen LogP contribution in [-0.4, -0.2) is 41.4 Å². The average molecular weight is 441 g/mol. The van der Waals surface area contributed by atoms with Gasteiger partial charge in [-0.05, 0) is 63.3 Å². The molecule has 2 atom stereocenters. The Morgan fingerprint density at radius 1 is 1.12 bits per heavy atom. The van der Waals surface area contributed by atoms with Crippen molar-refractivity contribution in [1.82, 2.24) is 4.90 Å². The van der Waals surface area contributed by atoms with Crippen LogP contribution in [0.4, 0.5) is 10.5 Å². The van der Waals surface area contributed by atoms with E-state index in [4.69, 9.17) is 9.15 Å². The molecule has 0 radical (unpaired) electrons. The van der Waals surface area contributed by atoms with Crippen LogP contribution >= 0.6 is 0 Å². The first-order valence-electron chi connectivity index (χ1n) is 11.5. The number of amides is 2. The highest BCUT2D eigenvalue weighted by Crippen LogP contribution is 2.40. The number of hydrogen-bond donors (Lipinski definition) is 1. The second kappa shape index (κ2) is 8.96. The lowest BCUT2D eigenvalue weighted by Gasteiger charge is -2.34. The molecule has 7 heteroatoms. The molecule has 1 aromatic heterocycles. The van der Waals surface area contributed by atoms with Gasteiger partial charge in [0.25, 0.3) is 0 Å². The van der Waals surface area contributed by atoms with Crippen LogP contribution in [0.2, 0.25) is 0 Å². The van der Waals surface area contributed by atoms with Gasteiger partial charge >= 0.3 is 6.09 Å². The van der Waals surface area contributed by atoms with Crippen molar-refractivity contribution in [3.8, 4) is 0 Å². The van der Waals surface area contributed by atoms with E-state index in [0.29, 0.717) is 30.0 Å². The fraction of sp³-hybridized carbons (Fsp3) is 0.560. The Bertz CT molecular complexity index is 999. The molecule has 2 aliphatic rings. The van der Waals surface area contributed by atoms with Gasteiger partial charge in [-0.1, -0.05) is 32.1 Å². The number of fused-ring (bicyclic) bond motifs is 1. The fourth-order valence-corrected chi connectivity index (χ4v) is 5.15. The van der Waals surface area contributed by atoms with Crippen LogP contribution in [0.5, 0.6) is 0 Å². The van der Waals surface area contributed by atoms with Crippen LogP contribution in [0.25, 0.3) is 11.0 Å². The third kappa shape index (κ3) is 4.81. The van der Waals surface area contributed by atoms with E-state index < -0.39 is 17.7 Å². The van der Waals surface area contributed by atoms with Gasteiger partial charge in [0.2, 0.25) is 5.91 Å². The van der Waals surface area contributed by atoms with E-state index in [0.717, 1.165) is 24.6 Å². The number of nitrogens with zero attached hydrogens (tertiary/aromatic N) is 1. The molecule has 1 saturated heterocycles. The first-order chi connectivity index (χ1) is 15.2. The van der Waals surface area contributed by atoms with Gasteiger partial charge in [-0.2, -0.15) is 0 Å². The zero-order chi connectivity index (χ0) is 22.9. The zero-order valence-electron chi connectivity index (χ0n) is 19.1. The van der Waals surface area contributed by atoms with E-state index in [1.807, 2.05) is 20.8 Å². The van der Waals surface area contributed by atoms with Crippen molar-refractivity contribution in [2.24, 2.45) is 11.8 Å². The van der Waals surface area contributed by atoms with Gasteiger partial charge in [-0.25, -0.2) is 4.79 Å². The Labute approximate surface area is 188 Å². The number of hydrogen-bond acceptors (Lipinski definition) is 5. The quantitative estimate of drug-likeness (QED) is 0.644. The summed E-state index contributed by atoms with van der Waals surface area (Å²) < 4.78 is 11.0. The van der Waals surface area contributed by atoms with Crippen LogP contribution in [0, 0.1) is 11.8 Å². The number of benzene rings is 1. The monoisotopic (exact) mass is 440 g/mol. The van der Waals surface area contributed by atoms with Gasteiger partial charge < -0.3 is 14.5 Å². The second-order valence-electron chi connectivity index (χ2n) is 9.98. The van der Waals surface area contributed by atoms with Crippen LogP contribution in [-0.2, 0) is 9.53 Å². The van der Waals surface area contributed by atoms with Gasteiger partial charge in [-0.15, -0.1) is 0 Å². The largest absolute Gasteiger partial charge is 0.453 e. The summed E-state index contributed by atoms with van der Waals surface area (Å²) in [6, 6.07) is 6.35. The summed E-state index contributed by atoms with van der Waals surface area (Å²) in [4.78, 5) is 39.0. The van der Waals surface area contributed by atoms with Crippen molar-refractivity contribution in [3.05, 3.63) is 30.0 Å². The Balaban J connectivity index is 1.57. The minimum Gasteiger partial charge on any atom is -0.453 e. The van der Waals surface area contributed by atoms with Crippen molar-refractivity contribution < 1.29 is 23.5 Å². The molecule has 4 rings (SSSR count). The summed E-state index contributed by atoms with van der Waals surface area (Å²) in [6.07, 6.45) is 6.84. The number of nitrogens with one attached hydrogen (secondary N) is 1. The highest BCUT2D eigenvalue weighted by Gasteiger charge is 2.46. The highest BCUT2D eigenvalue weighted by molar-refractivity contribution is 5.99. The van der Waals surface area contributed by atoms with Crippen molar-refractivity contribution in [2.45, 2.75) is 70.9 Å². The molecule has 1 saturated carbocycles. The predicted molar refractivity (Wildman–Crippen MR) is 122 cm³/mol. The Morgan fingerprint density at radius 3 is 2.56 bits per heavy atom. The third-order valence-electron chi connectivity index (χ3n) is 6.52. The number of carbonyl (C=O) groups excluding carboxylic acids is 3. The van der Waals surface area contributed by atoms with Crippen molar-refractivity contribution in [1.29, 1.82) is 0 Å². The fourth-order valence-electron chi connectivity index (χ4n) is 5.15. The SMILES string of the molecule is CC(C)(C)OC(=O)N1CCC(C2CCCCC2)C1C(=O)Nc1ccc2oc(C=O)cc2c1. The maximum atomic E-state index is 13.5. The lowest BCUT2D eigenvalue weighted by molar-refractivity contribution is -0.122. The molecule has 0 bridgehead atoms.